The van der Waals surface area contributed by atoms with Gasteiger partial charge < -0.3 is 15.7 Å². The second-order valence-electron chi connectivity index (χ2n) is 7.06. The molecule has 2 atom stereocenters. The maximum atomic E-state index is 13.8. The number of carbonyl (C=O) groups excluding carboxylic acids is 2. The van der Waals surface area contributed by atoms with Crippen molar-refractivity contribution in [2.75, 3.05) is 6.54 Å². The second-order valence-corrected chi connectivity index (χ2v) is 7.06. The SMILES string of the molecule is CC(NC(=O)C(C)(C)C)C(=O)NCC(C)(O)c1ccc(F)cc1F. The molecule has 24 heavy (non-hydrogen) atoms. The van der Waals surface area contributed by atoms with Crippen molar-refractivity contribution in [3.05, 3.63) is 35.4 Å². The molecule has 0 aliphatic heterocycles. The zero-order chi connectivity index (χ0) is 18.7. The van der Waals surface area contributed by atoms with Crippen LogP contribution in [0.25, 0.3) is 0 Å². The van der Waals surface area contributed by atoms with Crippen LogP contribution in [0.3, 0.4) is 0 Å². The van der Waals surface area contributed by atoms with Gasteiger partial charge in [0.15, 0.2) is 0 Å². The van der Waals surface area contributed by atoms with Crippen LogP contribution in [0.5, 0.6) is 0 Å². The molecule has 0 aromatic heterocycles. The predicted octanol–water partition coefficient (Wildman–Crippen LogP) is 1.84. The molecule has 7 heteroatoms. The molecule has 0 radical (unpaired) electrons. The molecule has 1 aromatic rings. The summed E-state index contributed by atoms with van der Waals surface area (Å²) in [4.78, 5) is 23.9. The number of rotatable bonds is 5. The minimum atomic E-state index is -1.72. The molecule has 0 heterocycles. The van der Waals surface area contributed by atoms with Gasteiger partial charge >= 0.3 is 0 Å². The van der Waals surface area contributed by atoms with Gasteiger partial charge in [0.25, 0.3) is 0 Å². The summed E-state index contributed by atoms with van der Waals surface area (Å²) in [5.41, 5.74) is -2.49. The highest BCUT2D eigenvalue weighted by molar-refractivity contribution is 5.89. The van der Waals surface area contributed by atoms with E-state index >= 15 is 0 Å². The Morgan fingerprint density at radius 2 is 1.79 bits per heavy atom. The third-order valence-electron chi connectivity index (χ3n) is 3.54. The number of halogens is 2. The van der Waals surface area contributed by atoms with Gasteiger partial charge in [-0.05, 0) is 19.9 Å². The van der Waals surface area contributed by atoms with Crippen LogP contribution in [0.15, 0.2) is 18.2 Å². The molecule has 0 aliphatic rings. The molecular formula is C17H24F2N2O3. The Morgan fingerprint density at radius 1 is 1.21 bits per heavy atom. The van der Waals surface area contributed by atoms with Gasteiger partial charge in [0.1, 0.15) is 23.3 Å². The summed E-state index contributed by atoms with van der Waals surface area (Å²) in [6.07, 6.45) is 0. The van der Waals surface area contributed by atoms with Crippen molar-refractivity contribution in [1.29, 1.82) is 0 Å². The largest absolute Gasteiger partial charge is 0.383 e. The Bertz CT molecular complexity index is 625. The predicted molar refractivity (Wildman–Crippen MR) is 86.0 cm³/mol. The summed E-state index contributed by atoms with van der Waals surface area (Å²) in [6.45, 7) is 7.68. The average molecular weight is 342 g/mol. The van der Waals surface area contributed by atoms with E-state index in [2.05, 4.69) is 10.6 Å². The summed E-state index contributed by atoms with van der Waals surface area (Å²) >= 11 is 0. The molecule has 1 aromatic carbocycles. The molecule has 5 nitrogen and oxygen atoms in total. The van der Waals surface area contributed by atoms with E-state index in [1.807, 2.05) is 0 Å². The number of carbonyl (C=O) groups is 2. The van der Waals surface area contributed by atoms with Crippen molar-refractivity contribution >= 4 is 11.8 Å². The van der Waals surface area contributed by atoms with E-state index in [9.17, 15) is 23.5 Å². The van der Waals surface area contributed by atoms with Gasteiger partial charge in [-0.25, -0.2) is 8.78 Å². The number of aliphatic hydroxyl groups is 1. The van der Waals surface area contributed by atoms with Crippen molar-refractivity contribution in [1.82, 2.24) is 10.6 Å². The standard InChI is InChI=1S/C17H24F2N2O3/c1-10(21-15(23)16(2,3)4)14(22)20-9-17(5,24)12-7-6-11(18)8-13(12)19/h6-8,10,24H,9H2,1-5H3,(H,20,22)(H,21,23). The lowest BCUT2D eigenvalue weighted by Crippen LogP contribution is -2.50. The zero-order valence-electron chi connectivity index (χ0n) is 14.5. The molecule has 1 rings (SSSR count). The Labute approximate surface area is 140 Å². The van der Waals surface area contributed by atoms with Gasteiger partial charge in [0.2, 0.25) is 11.8 Å². The highest BCUT2D eigenvalue weighted by Gasteiger charge is 2.29. The first-order chi connectivity index (χ1) is 10.8. The van der Waals surface area contributed by atoms with Crippen LogP contribution in [-0.4, -0.2) is 29.5 Å². The van der Waals surface area contributed by atoms with Gasteiger partial charge in [-0.1, -0.05) is 26.8 Å². The Balaban J connectivity index is 2.70. The summed E-state index contributed by atoms with van der Waals surface area (Å²) in [7, 11) is 0. The van der Waals surface area contributed by atoms with Gasteiger partial charge in [-0.3, -0.25) is 9.59 Å². The minimum absolute atomic E-state index is 0.129. The average Bonchev–Trinajstić information content (AvgIpc) is 2.43. The molecule has 0 saturated heterocycles. The number of hydrogen-bond acceptors (Lipinski definition) is 3. The topological polar surface area (TPSA) is 78.4 Å². The first kappa shape index (κ1) is 20.0. The van der Waals surface area contributed by atoms with Gasteiger partial charge in [0, 0.05) is 17.0 Å². The van der Waals surface area contributed by atoms with E-state index in [4.69, 9.17) is 0 Å². The van der Waals surface area contributed by atoms with Crippen molar-refractivity contribution in [2.24, 2.45) is 5.41 Å². The first-order valence-electron chi connectivity index (χ1n) is 7.61. The van der Waals surface area contributed by atoms with Crippen LogP contribution >= 0.6 is 0 Å². The highest BCUT2D eigenvalue weighted by Crippen LogP contribution is 2.23. The smallest absolute Gasteiger partial charge is 0.242 e. The van der Waals surface area contributed by atoms with Crippen LogP contribution < -0.4 is 10.6 Å². The fraction of sp³-hybridized carbons (Fsp3) is 0.529. The third-order valence-corrected chi connectivity index (χ3v) is 3.54. The van der Waals surface area contributed by atoms with E-state index in [0.29, 0.717) is 6.07 Å². The summed E-state index contributed by atoms with van der Waals surface area (Å²) in [5.74, 6) is -2.46. The Hall–Kier alpha value is -2.02. The van der Waals surface area contributed by atoms with E-state index in [0.717, 1.165) is 12.1 Å². The minimum Gasteiger partial charge on any atom is -0.383 e. The maximum Gasteiger partial charge on any atom is 0.242 e. The fourth-order valence-electron chi connectivity index (χ4n) is 1.91. The molecule has 3 N–H and O–H groups in total. The highest BCUT2D eigenvalue weighted by atomic mass is 19.1. The first-order valence-corrected chi connectivity index (χ1v) is 7.61. The monoisotopic (exact) mass is 342 g/mol. The molecule has 0 aliphatic carbocycles. The zero-order valence-corrected chi connectivity index (χ0v) is 14.5. The van der Waals surface area contributed by atoms with Crippen molar-refractivity contribution in [3.63, 3.8) is 0 Å². The van der Waals surface area contributed by atoms with Gasteiger partial charge in [-0.15, -0.1) is 0 Å². The van der Waals surface area contributed by atoms with Crippen LogP contribution in [0.4, 0.5) is 8.78 Å². The van der Waals surface area contributed by atoms with E-state index in [1.54, 1.807) is 20.8 Å². The molecule has 2 unspecified atom stereocenters. The molecular weight excluding hydrogens is 318 g/mol. The number of amides is 2. The summed E-state index contributed by atoms with van der Waals surface area (Å²) in [6, 6.07) is 2.01. The Morgan fingerprint density at radius 3 is 2.29 bits per heavy atom. The van der Waals surface area contributed by atoms with E-state index < -0.39 is 34.6 Å². The number of nitrogens with one attached hydrogen (secondary N) is 2. The van der Waals surface area contributed by atoms with Crippen LogP contribution in [-0.2, 0) is 15.2 Å². The van der Waals surface area contributed by atoms with Crippen LogP contribution in [0.1, 0.15) is 40.2 Å². The fourth-order valence-corrected chi connectivity index (χ4v) is 1.91. The second kappa shape index (κ2) is 7.25. The summed E-state index contributed by atoms with van der Waals surface area (Å²) in [5, 5.41) is 15.3. The van der Waals surface area contributed by atoms with Gasteiger partial charge in [-0.2, -0.15) is 0 Å². The quantitative estimate of drug-likeness (QED) is 0.764. The van der Waals surface area contributed by atoms with Crippen molar-refractivity contribution in [3.8, 4) is 0 Å². The number of benzene rings is 1. The third kappa shape index (κ3) is 5.26. The van der Waals surface area contributed by atoms with E-state index in [-0.39, 0.29) is 18.0 Å². The normalized spacial score (nSPS) is 15.3. The van der Waals surface area contributed by atoms with Crippen molar-refractivity contribution < 1.29 is 23.5 Å². The van der Waals surface area contributed by atoms with Crippen LogP contribution in [0, 0.1) is 17.0 Å². The lowest BCUT2D eigenvalue weighted by Gasteiger charge is -2.26. The molecule has 0 bridgehead atoms. The van der Waals surface area contributed by atoms with E-state index in [1.165, 1.54) is 13.8 Å². The molecule has 0 fully saturated rings. The maximum absolute atomic E-state index is 13.8. The Kier molecular flexibility index (Phi) is 6.05. The lowest BCUT2D eigenvalue weighted by molar-refractivity contribution is -0.133. The van der Waals surface area contributed by atoms with Gasteiger partial charge in [0.05, 0.1) is 6.54 Å². The van der Waals surface area contributed by atoms with Crippen LogP contribution in [0.2, 0.25) is 0 Å². The molecule has 2 amide bonds. The molecule has 134 valence electrons. The summed E-state index contributed by atoms with van der Waals surface area (Å²) < 4.78 is 26.7. The van der Waals surface area contributed by atoms with Crippen molar-refractivity contribution in [2.45, 2.75) is 46.3 Å². The molecule has 0 saturated carbocycles. The number of hydrogen-bond donors (Lipinski definition) is 3. The molecule has 0 spiro atoms. The lowest BCUT2D eigenvalue weighted by atomic mass is 9.94.